The average molecular weight is 383 g/mol. The Balaban J connectivity index is 1.83. The van der Waals surface area contributed by atoms with Crippen LogP contribution in [0.4, 0.5) is 18.9 Å². The molecule has 3 aromatic rings. The molecule has 7 nitrogen and oxygen atoms in total. The Kier molecular flexibility index (Phi) is 5.26. The minimum atomic E-state index is -2.86. The lowest BCUT2D eigenvalue weighted by molar-refractivity contribution is -0.118. The molecule has 0 aliphatic carbocycles. The first-order chi connectivity index (χ1) is 12.5. The van der Waals surface area contributed by atoms with Gasteiger partial charge in [0.2, 0.25) is 5.91 Å². The molecule has 3 rings (SSSR count). The number of hydrogen-bond donors (Lipinski definition) is 0. The molecule has 0 spiro atoms. The number of anilines is 1. The van der Waals surface area contributed by atoms with Gasteiger partial charge in [-0.2, -0.15) is 8.78 Å². The molecular formula is C15H12F3N5O2S. The van der Waals surface area contributed by atoms with E-state index in [2.05, 4.69) is 20.2 Å². The summed E-state index contributed by atoms with van der Waals surface area (Å²) in [6.07, 6.45) is 1.15. The number of aromatic nitrogens is 4. The molecule has 0 unspecified atom stereocenters. The Labute approximate surface area is 149 Å². The number of alkyl halides is 2. The second kappa shape index (κ2) is 7.60. The third kappa shape index (κ3) is 3.87. The summed E-state index contributed by atoms with van der Waals surface area (Å²) in [7, 11) is 0. The molecule has 3 aromatic heterocycles. The maximum absolute atomic E-state index is 13.4. The van der Waals surface area contributed by atoms with Gasteiger partial charge in [-0.1, -0.05) is 6.92 Å². The van der Waals surface area contributed by atoms with Gasteiger partial charge in [-0.25, -0.2) is 9.37 Å². The van der Waals surface area contributed by atoms with E-state index in [-0.39, 0.29) is 24.8 Å². The van der Waals surface area contributed by atoms with Gasteiger partial charge < -0.3 is 9.32 Å². The zero-order valence-corrected chi connectivity index (χ0v) is 14.2. The minimum absolute atomic E-state index is 0.0678. The van der Waals surface area contributed by atoms with Crippen LogP contribution in [0, 0.1) is 5.82 Å². The molecule has 11 heteroatoms. The van der Waals surface area contributed by atoms with E-state index in [1.165, 1.54) is 23.4 Å². The maximum Gasteiger partial charge on any atom is 0.314 e. The fourth-order valence-corrected chi connectivity index (χ4v) is 2.93. The van der Waals surface area contributed by atoms with Crippen molar-refractivity contribution in [3.8, 4) is 10.8 Å². The standard InChI is InChI=1S/C15H12F3N5O2S/c1-2-12(24)23(9-3-8(16)4-19-5-9)7-11-20-6-10(26-11)14-21-22-15(25-14)13(17)18/h3-6,13H,2,7H2,1H3. The predicted octanol–water partition coefficient (Wildman–Crippen LogP) is 3.61. The smallest absolute Gasteiger partial charge is 0.314 e. The van der Waals surface area contributed by atoms with Gasteiger partial charge in [-0.05, 0) is 0 Å². The Hall–Kier alpha value is -2.82. The lowest BCUT2D eigenvalue weighted by Crippen LogP contribution is -2.29. The quantitative estimate of drug-likeness (QED) is 0.646. The number of halogens is 3. The van der Waals surface area contributed by atoms with Crippen LogP contribution in [0.1, 0.15) is 30.7 Å². The summed E-state index contributed by atoms with van der Waals surface area (Å²) in [6.45, 7) is 1.75. The monoisotopic (exact) mass is 383 g/mol. The lowest BCUT2D eigenvalue weighted by atomic mass is 10.3. The van der Waals surface area contributed by atoms with Crippen LogP contribution in [0.5, 0.6) is 0 Å². The fourth-order valence-electron chi connectivity index (χ4n) is 2.10. The number of thiazole rings is 1. The van der Waals surface area contributed by atoms with Crippen molar-refractivity contribution in [2.45, 2.75) is 26.3 Å². The second-order valence-corrected chi connectivity index (χ2v) is 6.17. The first-order valence-electron chi connectivity index (χ1n) is 7.45. The lowest BCUT2D eigenvalue weighted by Gasteiger charge is -2.20. The van der Waals surface area contributed by atoms with Crippen molar-refractivity contribution >= 4 is 22.9 Å². The molecule has 0 N–H and O–H groups in total. The van der Waals surface area contributed by atoms with E-state index >= 15 is 0 Å². The predicted molar refractivity (Wildman–Crippen MR) is 86.0 cm³/mol. The number of amides is 1. The second-order valence-electron chi connectivity index (χ2n) is 5.06. The first kappa shape index (κ1) is 18.0. The average Bonchev–Trinajstić information content (AvgIpc) is 3.28. The molecular weight excluding hydrogens is 371 g/mol. The molecule has 0 bridgehead atoms. The molecule has 3 heterocycles. The van der Waals surface area contributed by atoms with Crippen LogP contribution in [0.25, 0.3) is 10.8 Å². The SMILES string of the molecule is CCC(=O)N(Cc1ncc(-c2nnc(C(F)F)o2)s1)c1cncc(F)c1. The molecule has 0 saturated carbocycles. The van der Waals surface area contributed by atoms with Crippen molar-refractivity contribution < 1.29 is 22.4 Å². The molecule has 26 heavy (non-hydrogen) atoms. The minimum Gasteiger partial charge on any atom is -0.414 e. The van der Waals surface area contributed by atoms with E-state index in [0.29, 0.717) is 15.6 Å². The zero-order chi connectivity index (χ0) is 18.7. The highest BCUT2D eigenvalue weighted by atomic mass is 32.1. The number of nitrogens with zero attached hydrogens (tertiary/aromatic N) is 5. The number of rotatable bonds is 6. The summed E-state index contributed by atoms with van der Waals surface area (Å²) < 4.78 is 43.4. The van der Waals surface area contributed by atoms with Crippen molar-refractivity contribution in [1.29, 1.82) is 0 Å². The van der Waals surface area contributed by atoms with Gasteiger partial charge in [0.05, 0.1) is 30.8 Å². The van der Waals surface area contributed by atoms with Crippen molar-refractivity contribution in [2.24, 2.45) is 0 Å². The third-order valence-corrected chi connectivity index (χ3v) is 4.26. The van der Waals surface area contributed by atoms with Gasteiger partial charge in [0.1, 0.15) is 15.7 Å². The van der Waals surface area contributed by atoms with Crippen molar-refractivity contribution in [3.63, 3.8) is 0 Å². The Bertz CT molecular complexity index is 914. The Morgan fingerprint density at radius 2 is 2.12 bits per heavy atom. The molecule has 0 atom stereocenters. The molecule has 0 aliphatic rings. The molecule has 1 amide bonds. The molecule has 0 fully saturated rings. The maximum atomic E-state index is 13.4. The summed E-state index contributed by atoms with van der Waals surface area (Å²) >= 11 is 1.11. The summed E-state index contributed by atoms with van der Waals surface area (Å²) in [5.41, 5.74) is 0.298. The van der Waals surface area contributed by atoms with Crippen molar-refractivity contribution in [3.05, 3.63) is 41.4 Å². The van der Waals surface area contributed by atoms with Crippen LogP contribution in [-0.2, 0) is 11.3 Å². The molecule has 0 saturated heterocycles. The van der Waals surface area contributed by atoms with E-state index in [9.17, 15) is 18.0 Å². The van der Waals surface area contributed by atoms with Crippen LogP contribution in [0.3, 0.4) is 0 Å². The van der Waals surface area contributed by atoms with Gasteiger partial charge in [0.15, 0.2) is 0 Å². The topological polar surface area (TPSA) is 85.0 Å². The molecule has 136 valence electrons. The van der Waals surface area contributed by atoms with Gasteiger partial charge in [0.25, 0.3) is 11.8 Å². The number of pyridine rings is 1. The number of carbonyl (C=O) groups is 1. The summed E-state index contributed by atoms with van der Waals surface area (Å²) in [5.74, 6) is -1.66. The zero-order valence-electron chi connectivity index (χ0n) is 13.4. The molecule has 0 radical (unpaired) electrons. The van der Waals surface area contributed by atoms with Crippen LogP contribution < -0.4 is 4.90 Å². The van der Waals surface area contributed by atoms with Gasteiger partial charge in [-0.3, -0.25) is 9.78 Å². The van der Waals surface area contributed by atoms with Gasteiger partial charge in [-0.15, -0.1) is 21.5 Å². The van der Waals surface area contributed by atoms with Crippen LogP contribution in [0.15, 0.2) is 29.1 Å². The van der Waals surface area contributed by atoms with Crippen molar-refractivity contribution in [2.75, 3.05) is 4.90 Å². The Morgan fingerprint density at radius 3 is 2.77 bits per heavy atom. The van der Waals surface area contributed by atoms with Gasteiger partial charge >= 0.3 is 6.43 Å². The third-order valence-electron chi connectivity index (χ3n) is 3.29. The summed E-state index contributed by atoms with van der Waals surface area (Å²) in [6, 6.07) is 1.20. The van der Waals surface area contributed by atoms with Crippen molar-refractivity contribution in [1.82, 2.24) is 20.2 Å². The van der Waals surface area contributed by atoms with Crippen LogP contribution in [-0.4, -0.2) is 26.1 Å². The van der Waals surface area contributed by atoms with E-state index in [1.54, 1.807) is 6.92 Å². The van der Waals surface area contributed by atoms with E-state index in [0.717, 1.165) is 17.5 Å². The van der Waals surface area contributed by atoms with E-state index in [4.69, 9.17) is 4.42 Å². The van der Waals surface area contributed by atoms with Crippen LogP contribution >= 0.6 is 11.3 Å². The van der Waals surface area contributed by atoms with Crippen LogP contribution in [0.2, 0.25) is 0 Å². The Morgan fingerprint density at radius 1 is 1.31 bits per heavy atom. The largest absolute Gasteiger partial charge is 0.414 e. The van der Waals surface area contributed by atoms with E-state index < -0.39 is 18.1 Å². The first-order valence-corrected chi connectivity index (χ1v) is 8.27. The summed E-state index contributed by atoms with van der Waals surface area (Å²) in [5, 5.41) is 7.30. The number of hydrogen-bond acceptors (Lipinski definition) is 7. The summed E-state index contributed by atoms with van der Waals surface area (Å²) in [4.78, 5) is 21.8. The highest BCUT2D eigenvalue weighted by Gasteiger charge is 2.21. The molecule has 0 aliphatic heterocycles. The molecule has 0 aromatic carbocycles. The fraction of sp³-hybridized carbons (Fsp3) is 0.267. The normalized spacial score (nSPS) is 11.1. The highest BCUT2D eigenvalue weighted by molar-refractivity contribution is 7.15. The highest BCUT2D eigenvalue weighted by Crippen LogP contribution is 2.29. The van der Waals surface area contributed by atoms with E-state index in [1.807, 2.05) is 0 Å². The van der Waals surface area contributed by atoms with Gasteiger partial charge in [0, 0.05) is 12.5 Å². The number of carbonyl (C=O) groups excluding carboxylic acids is 1.